The van der Waals surface area contributed by atoms with Crippen LogP contribution in [0.1, 0.15) is 28.5 Å². The van der Waals surface area contributed by atoms with Crippen molar-refractivity contribution in [3.8, 4) is 0 Å². The second-order valence-corrected chi connectivity index (χ2v) is 6.42. The van der Waals surface area contributed by atoms with Gasteiger partial charge in [-0.15, -0.1) is 0 Å². The van der Waals surface area contributed by atoms with Crippen LogP contribution in [0.25, 0.3) is 0 Å². The second-order valence-electron chi connectivity index (χ2n) is 6.42. The van der Waals surface area contributed by atoms with Crippen LogP contribution in [0.2, 0.25) is 0 Å². The van der Waals surface area contributed by atoms with Crippen molar-refractivity contribution in [1.82, 2.24) is 20.1 Å². The first kappa shape index (κ1) is 16.7. The summed E-state index contributed by atoms with van der Waals surface area (Å²) >= 11 is 0. The lowest BCUT2D eigenvalue weighted by Gasteiger charge is -2.40. The average molecular weight is 326 g/mol. The van der Waals surface area contributed by atoms with Crippen LogP contribution in [0.15, 0.2) is 48.7 Å². The molecule has 1 aromatic heterocycles. The van der Waals surface area contributed by atoms with Crippen molar-refractivity contribution in [1.29, 1.82) is 0 Å². The van der Waals surface area contributed by atoms with Crippen LogP contribution in [0.3, 0.4) is 0 Å². The van der Waals surface area contributed by atoms with E-state index >= 15 is 0 Å². The monoisotopic (exact) mass is 326 g/mol. The predicted octanol–water partition coefficient (Wildman–Crippen LogP) is 2.12. The molecule has 0 saturated carbocycles. The van der Waals surface area contributed by atoms with Crippen molar-refractivity contribution in [3.63, 3.8) is 0 Å². The Morgan fingerprint density at radius 1 is 1.21 bits per heavy atom. The van der Waals surface area contributed by atoms with E-state index in [9.17, 15) is 4.79 Å². The van der Waals surface area contributed by atoms with Crippen molar-refractivity contribution in [2.75, 3.05) is 39.8 Å². The van der Waals surface area contributed by atoms with Gasteiger partial charge in [-0.2, -0.15) is 0 Å². The van der Waals surface area contributed by atoms with Crippen LogP contribution in [0.4, 0.5) is 0 Å². The Bertz CT molecular complexity index is 626. The molecule has 1 aliphatic heterocycles. The van der Waals surface area contributed by atoms with E-state index in [1.807, 2.05) is 6.07 Å². The van der Waals surface area contributed by atoms with E-state index in [1.54, 1.807) is 12.3 Å². The number of nitrogens with one attached hydrogen (secondary N) is 2. The molecule has 2 N–H and O–H groups in total. The summed E-state index contributed by atoms with van der Waals surface area (Å²) in [6.45, 7) is 4.92. The molecule has 5 nitrogen and oxygen atoms in total. The summed E-state index contributed by atoms with van der Waals surface area (Å²) in [6.07, 6.45) is 2.73. The van der Waals surface area contributed by atoms with Gasteiger partial charge in [-0.1, -0.05) is 30.3 Å². The zero-order valence-corrected chi connectivity index (χ0v) is 14.2. The number of benzene rings is 1. The molecule has 2 aromatic rings. The fourth-order valence-electron chi connectivity index (χ4n) is 3.27. The molecule has 1 fully saturated rings. The van der Waals surface area contributed by atoms with E-state index < -0.39 is 0 Å². The SMILES string of the molecule is CN1CCN(CCCNC(=O)c2ccc[nH]2)C(c2ccccc2)C1. The Morgan fingerprint density at radius 3 is 2.79 bits per heavy atom. The number of aromatic amines is 1. The maximum atomic E-state index is 11.9. The fraction of sp³-hybridized carbons (Fsp3) is 0.421. The fourth-order valence-corrected chi connectivity index (χ4v) is 3.27. The van der Waals surface area contributed by atoms with Crippen LogP contribution in [0, 0.1) is 0 Å². The average Bonchev–Trinajstić information content (AvgIpc) is 3.15. The van der Waals surface area contributed by atoms with E-state index in [0.717, 1.165) is 32.6 Å². The number of aromatic nitrogens is 1. The minimum Gasteiger partial charge on any atom is -0.357 e. The lowest BCUT2D eigenvalue weighted by atomic mass is 10.0. The summed E-state index contributed by atoms with van der Waals surface area (Å²) in [7, 11) is 2.18. The smallest absolute Gasteiger partial charge is 0.267 e. The third-order valence-corrected chi connectivity index (χ3v) is 4.63. The third kappa shape index (κ3) is 4.24. The van der Waals surface area contributed by atoms with Crippen molar-refractivity contribution in [3.05, 3.63) is 59.9 Å². The van der Waals surface area contributed by atoms with Gasteiger partial charge < -0.3 is 15.2 Å². The van der Waals surface area contributed by atoms with Crippen LogP contribution < -0.4 is 5.32 Å². The van der Waals surface area contributed by atoms with Crippen LogP contribution in [0.5, 0.6) is 0 Å². The molecule has 0 radical (unpaired) electrons. The number of carbonyl (C=O) groups excluding carboxylic acids is 1. The van der Waals surface area contributed by atoms with E-state index in [2.05, 4.69) is 57.5 Å². The first-order valence-corrected chi connectivity index (χ1v) is 8.63. The maximum Gasteiger partial charge on any atom is 0.267 e. The molecule has 1 saturated heterocycles. The van der Waals surface area contributed by atoms with Crippen molar-refractivity contribution >= 4 is 5.91 Å². The molecule has 1 amide bonds. The number of rotatable bonds is 6. The number of piperazine rings is 1. The molecule has 0 spiro atoms. The lowest BCUT2D eigenvalue weighted by molar-refractivity contribution is 0.0864. The molecule has 1 aliphatic rings. The Hall–Kier alpha value is -2.11. The molecule has 128 valence electrons. The van der Waals surface area contributed by atoms with Crippen molar-refractivity contribution in [2.45, 2.75) is 12.5 Å². The van der Waals surface area contributed by atoms with Crippen LogP contribution in [-0.2, 0) is 0 Å². The zero-order valence-electron chi connectivity index (χ0n) is 14.2. The van der Waals surface area contributed by atoms with Gasteiger partial charge >= 0.3 is 0 Å². The summed E-state index contributed by atoms with van der Waals surface area (Å²) in [5.41, 5.74) is 2.00. The number of nitrogens with zero attached hydrogens (tertiary/aromatic N) is 2. The van der Waals surface area contributed by atoms with Gasteiger partial charge in [0, 0.05) is 45.0 Å². The number of amides is 1. The Kier molecular flexibility index (Phi) is 5.67. The Balaban J connectivity index is 1.50. The topological polar surface area (TPSA) is 51.4 Å². The molecule has 1 aromatic carbocycles. The van der Waals surface area contributed by atoms with Gasteiger partial charge in [0.2, 0.25) is 0 Å². The van der Waals surface area contributed by atoms with Gasteiger partial charge in [-0.25, -0.2) is 0 Å². The van der Waals surface area contributed by atoms with Crippen LogP contribution >= 0.6 is 0 Å². The minimum atomic E-state index is -0.0296. The minimum absolute atomic E-state index is 0.0296. The Labute approximate surface area is 143 Å². The molecular weight excluding hydrogens is 300 g/mol. The highest BCUT2D eigenvalue weighted by molar-refractivity contribution is 5.92. The normalized spacial score (nSPS) is 19.3. The van der Waals surface area contributed by atoms with Gasteiger partial charge in [0.25, 0.3) is 5.91 Å². The number of carbonyl (C=O) groups is 1. The summed E-state index contributed by atoms with van der Waals surface area (Å²) in [6, 6.07) is 14.8. The number of hydrogen-bond acceptors (Lipinski definition) is 3. The van der Waals surface area contributed by atoms with Gasteiger partial charge in [0.05, 0.1) is 0 Å². The summed E-state index contributed by atoms with van der Waals surface area (Å²) in [5, 5.41) is 2.98. The van der Waals surface area contributed by atoms with Gasteiger partial charge in [-0.3, -0.25) is 9.69 Å². The number of H-pyrrole nitrogens is 1. The van der Waals surface area contributed by atoms with Crippen LogP contribution in [-0.4, -0.2) is 60.5 Å². The Morgan fingerprint density at radius 2 is 2.04 bits per heavy atom. The van der Waals surface area contributed by atoms with Crippen molar-refractivity contribution < 1.29 is 4.79 Å². The molecule has 0 bridgehead atoms. The third-order valence-electron chi connectivity index (χ3n) is 4.63. The van der Waals surface area contributed by atoms with Gasteiger partial charge in [-0.05, 0) is 31.2 Å². The molecule has 0 aliphatic carbocycles. The molecule has 1 atom stereocenters. The largest absolute Gasteiger partial charge is 0.357 e. The van der Waals surface area contributed by atoms with E-state index in [0.29, 0.717) is 18.3 Å². The van der Waals surface area contributed by atoms with E-state index in [1.165, 1.54) is 5.56 Å². The highest BCUT2D eigenvalue weighted by Gasteiger charge is 2.25. The van der Waals surface area contributed by atoms with Gasteiger partial charge in [0.15, 0.2) is 0 Å². The summed E-state index contributed by atoms with van der Waals surface area (Å²) < 4.78 is 0. The highest BCUT2D eigenvalue weighted by atomic mass is 16.1. The summed E-state index contributed by atoms with van der Waals surface area (Å²) in [5.74, 6) is -0.0296. The van der Waals surface area contributed by atoms with E-state index in [-0.39, 0.29) is 5.91 Å². The second kappa shape index (κ2) is 8.13. The number of likely N-dealkylation sites (N-methyl/N-ethyl adjacent to an activating group) is 1. The molecule has 24 heavy (non-hydrogen) atoms. The summed E-state index contributed by atoms with van der Waals surface area (Å²) in [4.78, 5) is 19.8. The number of hydrogen-bond donors (Lipinski definition) is 2. The first-order valence-electron chi connectivity index (χ1n) is 8.63. The lowest BCUT2D eigenvalue weighted by Crippen LogP contribution is -2.47. The highest BCUT2D eigenvalue weighted by Crippen LogP contribution is 2.24. The molecule has 1 unspecified atom stereocenters. The van der Waals surface area contributed by atoms with E-state index in [4.69, 9.17) is 0 Å². The molecule has 2 heterocycles. The quantitative estimate of drug-likeness (QED) is 0.800. The standard InChI is InChI=1S/C19H26N4O/c1-22-13-14-23(18(15-22)16-7-3-2-4-8-16)12-6-11-21-19(24)17-9-5-10-20-17/h2-5,7-10,18,20H,6,11-15H2,1H3,(H,21,24). The van der Waals surface area contributed by atoms with Crippen molar-refractivity contribution in [2.24, 2.45) is 0 Å². The van der Waals surface area contributed by atoms with Gasteiger partial charge in [0.1, 0.15) is 5.69 Å². The first-order chi connectivity index (χ1) is 11.7. The zero-order chi connectivity index (χ0) is 16.8. The predicted molar refractivity (Wildman–Crippen MR) is 96.0 cm³/mol. The molecule has 3 rings (SSSR count). The molecule has 5 heteroatoms. The molecular formula is C19H26N4O. The maximum absolute atomic E-state index is 11.9.